The van der Waals surface area contributed by atoms with Crippen molar-refractivity contribution < 1.29 is 40.8 Å². The van der Waals surface area contributed by atoms with Crippen LogP contribution in [0.5, 0.6) is 0 Å². The molecule has 1 amide bonds. The number of nitrogens with one attached hydrogen (secondary N) is 1. The van der Waals surface area contributed by atoms with E-state index in [4.69, 9.17) is 0 Å². The molecule has 0 unspecified atom stereocenters. The van der Waals surface area contributed by atoms with Gasteiger partial charge in [0, 0.05) is 38.2 Å². The van der Waals surface area contributed by atoms with Crippen LogP contribution in [-0.4, -0.2) is 79.1 Å². The summed E-state index contributed by atoms with van der Waals surface area (Å²) in [4.78, 5) is 28.9. The number of nitrogens with zero attached hydrogens (tertiary/aromatic N) is 3. The first-order chi connectivity index (χ1) is 18.8. The Labute approximate surface area is 231 Å². The summed E-state index contributed by atoms with van der Waals surface area (Å²) in [5.41, 5.74) is -0.600. The van der Waals surface area contributed by atoms with Crippen molar-refractivity contribution in [1.82, 2.24) is 19.7 Å². The number of hydrogen-bond donors (Lipinski definition) is 2. The SMILES string of the molecule is CN1CCN(C(=O)Cc2ccc([C@H]3C[C@]3(NS(=O)(=O)c3ccc(-c4cc(C(F)(F)F)on4)s3)C(=O)O)cc2)CC1. The topological polar surface area (TPSA) is 133 Å². The Morgan fingerprint density at radius 2 is 1.82 bits per heavy atom. The maximum Gasteiger partial charge on any atom is 0.452 e. The molecule has 2 N–H and O–H groups in total. The van der Waals surface area contributed by atoms with Crippen molar-refractivity contribution in [2.24, 2.45) is 0 Å². The molecule has 1 aliphatic carbocycles. The van der Waals surface area contributed by atoms with Crippen molar-refractivity contribution in [1.29, 1.82) is 0 Å². The van der Waals surface area contributed by atoms with Crippen LogP contribution in [0.1, 0.15) is 29.2 Å². The number of carbonyl (C=O) groups excluding carboxylic acids is 1. The molecule has 1 saturated heterocycles. The molecule has 214 valence electrons. The monoisotopic (exact) mass is 598 g/mol. The van der Waals surface area contributed by atoms with E-state index in [0.29, 0.717) is 36.1 Å². The van der Waals surface area contributed by atoms with E-state index in [2.05, 4.69) is 19.3 Å². The summed E-state index contributed by atoms with van der Waals surface area (Å²) in [6.45, 7) is 2.95. The van der Waals surface area contributed by atoms with E-state index in [1.165, 1.54) is 12.1 Å². The predicted molar refractivity (Wildman–Crippen MR) is 137 cm³/mol. The zero-order chi connectivity index (χ0) is 28.9. The van der Waals surface area contributed by atoms with Gasteiger partial charge in [-0.05, 0) is 36.7 Å². The van der Waals surface area contributed by atoms with Crippen LogP contribution in [0.3, 0.4) is 0 Å². The summed E-state index contributed by atoms with van der Waals surface area (Å²) in [7, 11) is -2.34. The van der Waals surface area contributed by atoms with E-state index in [0.717, 1.165) is 18.7 Å². The van der Waals surface area contributed by atoms with Crippen LogP contribution in [0.2, 0.25) is 0 Å². The Kier molecular flexibility index (Phi) is 7.27. The number of carboxylic acid groups (broad SMARTS) is 1. The molecule has 3 aromatic rings. The third kappa shape index (κ3) is 5.64. The molecule has 15 heteroatoms. The Balaban J connectivity index is 1.27. The molecule has 2 atom stereocenters. The Hall–Kier alpha value is -3.27. The van der Waals surface area contributed by atoms with E-state index in [-0.39, 0.29) is 33.5 Å². The molecule has 2 aliphatic rings. The van der Waals surface area contributed by atoms with E-state index in [1.54, 1.807) is 24.3 Å². The average Bonchev–Trinajstić information content (AvgIpc) is 3.25. The molecule has 5 rings (SSSR count). The third-order valence-electron chi connectivity index (χ3n) is 7.14. The van der Waals surface area contributed by atoms with Gasteiger partial charge in [-0.3, -0.25) is 9.59 Å². The lowest BCUT2D eigenvalue weighted by atomic mass is 10.0. The summed E-state index contributed by atoms with van der Waals surface area (Å²) in [5, 5.41) is 13.3. The van der Waals surface area contributed by atoms with Crippen LogP contribution in [0, 0.1) is 0 Å². The number of rotatable bonds is 8. The van der Waals surface area contributed by atoms with Gasteiger partial charge in [0.1, 0.15) is 15.4 Å². The van der Waals surface area contributed by atoms with Gasteiger partial charge in [0.25, 0.3) is 10.0 Å². The molecule has 0 radical (unpaired) electrons. The molecule has 2 aromatic heterocycles. The molecule has 3 heterocycles. The quantitative estimate of drug-likeness (QED) is 0.405. The number of likely N-dealkylation sites (N-methyl/N-ethyl adjacent to an activating group) is 1. The fourth-order valence-corrected chi connectivity index (χ4v) is 7.35. The standard InChI is InChI=1S/C25H25F3N4O6S2/c1-31-8-10-32(11-9-31)21(33)12-15-2-4-16(5-3-15)17-14-24(17,23(34)35)30-40(36,37)22-7-6-19(39-22)18-13-20(38-29-18)25(26,27)28/h2-7,13,17,30H,8-12,14H2,1H3,(H,34,35)/t17-,24-/m1/s1. The number of benzene rings is 1. The minimum atomic E-state index is -4.74. The van der Waals surface area contributed by atoms with E-state index in [1.807, 2.05) is 11.9 Å². The summed E-state index contributed by atoms with van der Waals surface area (Å²) in [6, 6.07) is 9.97. The van der Waals surface area contributed by atoms with Crippen LogP contribution in [0.4, 0.5) is 13.2 Å². The molecule has 1 aliphatic heterocycles. The minimum absolute atomic E-state index is 0.00971. The number of hydrogen-bond acceptors (Lipinski definition) is 8. The molecule has 1 aromatic carbocycles. The highest BCUT2D eigenvalue weighted by Gasteiger charge is 2.63. The molecule has 10 nitrogen and oxygen atoms in total. The second-order valence-electron chi connectivity index (χ2n) is 9.93. The van der Waals surface area contributed by atoms with Crippen LogP contribution >= 0.6 is 11.3 Å². The maximum absolute atomic E-state index is 13.1. The highest BCUT2D eigenvalue weighted by Crippen LogP contribution is 2.52. The van der Waals surface area contributed by atoms with Crippen LogP contribution in [-0.2, 0) is 32.2 Å². The van der Waals surface area contributed by atoms with Crippen molar-refractivity contribution in [3.8, 4) is 10.6 Å². The van der Waals surface area contributed by atoms with Gasteiger partial charge >= 0.3 is 12.1 Å². The first kappa shape index (κ1) is 28.3. The van der Waals surface area contributed by atoms with Crippen molar-refractivity contribution >= 4 is 33.2 Å². The van der Waals surface area contributed by atoms with Gasteiger partial charge in [0.2, 0.25) is 11.7 Å². The second-order valence-corrected chi connectivity index (χ2v) is 12.9. The number of alkyl halides is 3. The number of carboxylic acids is 1. The first-order valence-corrected chi connectivity index (χ1v) is 14.5. The summed E-state index contributed by atoms with van der Waals surface area (Å²) in [5.74, 6) is -3.31. The lowest BCUT2D eigenvalue weighted by molar-refractivity contribution is -0.155. The number of aromatic nitrogens is 1. The van der Waals surface area contributed by atoms with Crippen LogP contribution < -0.4 is 4.72 Å². The van der Waals surface area contributed by atoms with Gasteiger partial charge in [-0.2, -0.15) is 17.9 Å². The van der Waals surface area contributed by atoms with Gasteiger partial charge in [-0.15, -0.1) is 11.3 Å². The smallest absolute Gasteiger partial charge is 0.452 e. The van der Waals surface area contributed by atoms with Crippen molar-refractivity contribution in [3.63, 3.8) is 0 Å². The highest BCUT2D eigenvalue weighted by atomic mass is 32.2. The van der Waals surface area contributed by atoms with Gasteiger partial charge in [0.05, 0.1) is 11.3 Å². The predicted octanol–water partition coefficient (Wildman–Crippen LogP) is 3.03. The van der Waals surface area contributed by atoms with E-state index in [9.17, 15) is 36.3 Å². The number of sulfonamides is 1. The maximum atomic E-state index is 13.1. The fourth-order valence-electron chi connectivity index (χ4n) is 4.69. The summed E-state index contributed by atoms with van der Waals surface area (Å²) >= 11 is 0.642. The summed E-state index contributed by atoms with van der Waals surface area (Å²) < 4.78 is 70.9. The van der Waals surface area contributed by atoms with Crippen LogP contribution in [0.25, 0.3) is 10.6 Å². The number of thiophene rings is 1. The van der Waals surface area contributed by atoms with E-state index < -0.39 is 39.4 Å². The molecule has 0 bridgehead atoms. The fraction of sp³-hybridized carbons (Fsp3) is 0.400. The number of aliphatic carboxylic acids is 1. The molecular weight excluding hydrogens is 573 g/mol. The van der Waals surface area contributed by atoms with Crippen molar-refractivity contribution in [3.05, 3.63) is 59.4 Å². The zero-order valence-electron chi connectivity index (χ0n) is 21.1. The average molecular weight is 599 g/mol. The largest absolute Gasteiger partial charge is 0.480 e. The Morgan fingerprint density at radius 1 is 1.15 bits per heavy atom. The van der Waals surface area contributed by atoms with Gasteiger partial charge in [-0.25, -0.2) is 8.42 Å². The van der Waals surface area contributed by atoms with Crippen molar-refractivity contribution in [2.45, 2.75) is 34.7 Å². The molecule has 2 fully saturated rings. The third-order valence-corrected chi connectivity index (χ3v) is 10.3. The number of amides is 1. The molecule has 40 heavy (non-hydrogen) atoms. The number of halogens is 3. The minimum Gasteiger partial charge on any atom is -0.480 e. The van der Waals surface area contributed by atoms with Gasteiger partial charge < -0.3 is 19.4 Å². The zero-order valence-corrected chi connectivity index (χ0v) is 22.8. The Bertz CT molecular complexity index is 1530. The molecular formula is C25H25F3N4O6S2. The van der Waals surface area contributed by atoms with Gasteiger partial charge in [-0.1, -0.05) is 29.4 Å². The molecule has 0 spiro atoms. The lowest BCUT2D eigenvalue weighted by Crippen LogP contribution is -2.47. The van der Waals surface area contributed by atoms with Gasteiger partial charge in [0.15, 0.2) is 0 Å². The second kappa shape index (κ2) is 10.3. The highest BCUT2D eigenvalue weighted by molar-refractivity contribution is 7.91. The normalized spacial score (nSPS) is 21.9. The van der Waals surface area contributed by atoms with Crippen LogP contribution in [0.15, 0.2) is 51.2 Å². The summed E-state index contributed by atoms with van der Waals surface area (Å²) in [6.07, 6.45) is -4.52. The molecule has 1 saturated carbocycles. The van der Waals surface area contributed by atoms with E-state index >= 15 is 0 Å². The first-order valence-electron chi connectivity index (χ1n) is 12.3. The van der Waals surface area contributed by atoms with Crippen molar-refractivity contribution in [2.75, 3.05) is 33.2 Å². The Morgan fingerprint density at radius 3 is 2.42 bits per heavy atom. The lowest BCUT2D eigenvalue weighted by Gasteiger charge is -2.32. The number of carbonyl (C=O) groups is 2. The number of piperazine rings is 1.